The minimum Gasteiger partial charge on any atom is -0.493 e. The van der Waals surface area contributed by atoms with Crippen LogP contribution >= 0.6 is 11.9 Å². The van der Waals surface area contributed by atoms with E-state index in [2.05, 4.69) is 11.2 Å². The number of aliphatic hydroxyl groups is 1. The molecule has 0 amide bonds. The summed E-state index contributed by atoms with van der Waals surface area (Å²) in [5.41, 5.74) is 2.97. The number of halogens is 3. The van der Waals surface area contributed by atoms with E-state index >= 15 is 0 Å². The third-order valence-corrected chi connectivity index (χ3v) is 7.71. The van der Waals surface area contributed by atoms with E-state index in [4.69, 9.17) is 9.47 Å². The minimum atomic E-state index is -4.21. The Morgan fingerprint density at radius 3 is 2.62 bits per heavy atom. The molecule has 0 bridgehead atoms. The molecule has 4 nitrogen and oxygen atoms in total. The van der Waals surface area contributed by atoms with Crippen molar-refractivity contribution in [2.24, 2.45) is 5.92 Å². The highest BCUT2D eigenvalue weighted by Crippen LogP contribution is 2.41. The van der Waals surface area contributed by atoms with Crippen LogP contribution in [0.3, 0.4) is 0 Å². The maximum absolute atomic E-state index is 12.9. The second-order valence-electron chi connectivity index (χ2n) is 9.07. The fourth-order valence-corrected chi connectivity index (χ4v) is 5.87. The second kappa shape index (κ2) is 11.2. The molecule has 8 heteroatoms. The van der Waals surface area contributed by atoms with E-state index in [1.54, 1.807) is 24.1 Å². The molecule has 0 radical (unpaired) electrons. The first kappa shape index (κ1) is 25.2. The fourth-order valence-electron chi connectivity index (χ4n) is 4.64. The summed E-state index contributed by atoms with van der Waals surface area (Å²) in [4.78, 5) is 0.966. The lowest BCUT2D eigenvalue weighted by Crippen LogP contribution is -2.33. The van der Waals surface area contributed by atoms with Crippen LogP contribution in [-0.2, 0) is 24.2 Å². The Balaban J connectivity index is 1.50. The number of benzene rings is 2. The third kappa shape index (κ3) is 6.40. The van der Waals surface area contributed by atoms with Gasteiger partial charge in [-0.1, -0.05) is 19.1 Å². The molecule has 2 aliphatic heterocycles. The summed E-state index contributed by atoms with van der Waals surface area (Å²) in [5, 5.41) is 9.95. The van der Waals surface area contributed by atoms with Crippen LogP contribution in [0.25, 0.3) is 0 Å². The van der Waals surface area contributed by atoms with Gasteiger partial charge in [-0.15, -0.1) is 0 Å². The molecule has 2 aliphatic rings. The van der Waals surface area contributed by atoms with Crippen LogP contribution in [-0.4, -0.2) is 37.1 Å². The molecule has 1 atom stereocenters. The smallest absolute Gasteiger partial charge is 0.393 e. The number of ether oxygens (including phenoxy) is 2. The monoisotopic (exact) mass is 495 g/mol. The SMILES string of the molecule is CCC1CCc2cc(CC(F)(F)F)ccc2N1Sc1ccc(OCC2CCOCC2)c(CO)c1. The summed E-state index contributed by atoms with van der Waals surface area (Å²) in [5.74, 6) is 1.16. The predicted octanol–water partition coefficient (Wildman–Crippen LogP) is 6.33. The number of hydrogen-bond donors (Lipinski definition) is 1. The van der Waals surface area contributed by atoms with Crippen molar-refractivity contribution in [1.82, 2.24) is 0 Å². The molecule has 186 valence electrons. The molecule has 1 fully saturated rings. The van der Waals surface area contributed by atoms with Crippen LogP contribution < -0.4 is 9.04 Å². The largest absolute Gasteiger partial charge is 0.493 e. The maximum atomic E-state index is 12.9. The van der Waals surface area contributed by atoms with Gasteiger partial charge < -0.3 is 18.9 Å². The first-order valence-electron chi connectivity index (χ1n) is 12.0. The summed E-state index contributed by atoms with van der Waals surface area (Å²) in [6.45, 7) is 4.16. The second-order valence-corrected chi connectivity index (χ2v) is 10.1. The summed E-state index contributed by atoms with van der Waals surface area (Å²) in [7, 11) is 0. The molecule has 1 N–H and O–H groups in total. The average Bonchev–Trinajstić information content (AvgIpc) is 2.82. The molecule has 2 heterocycles. The summed E-state index contributed by atoms with van der Waals surface area (Å²) < 4.78 is 52.3. The first-order chi connectivity index (χ1) is 16.4. The highest BCUT2D eigenvalue weighted by atomic mass is 32.2. The molecule has 34 heavy (non-hydrogen) atoms. The van der Waals surface area contributed by atoms with E-state index in [0.29, 0.717) is 23.8 Å². The zero-order valence-electron chi connectivity index (χ0n) is 19.4. The van der Waals surface area contributed by atoms with Gasteiger partial charge in [0.05, 0.1) is 25.3 Å². The summed E-state index contributed by atoms with van der Waals surface area (Å²) in [6, 6.07) is 11.2. The molecule has 4 rings (SSSR count). The van der Waals surface area contributed by atoms with Crippen LogP contribution in [0.15, 0.2) is 41.3 Å². The fraction of sp³-hybridized carbons (Fsp3) is 0.538. The van der Waals surface area contributed by atoms with Crippen LogP contribution in [0.4, 0.5) is 18.9 Å². The van der Waals surface area contributed by atoms with Gasteiger partial charge in [-0.25, -0.2) is 0 Å². The molecule has 0 saturated carbocycles. The zero-order chi connectivity index (χ0) is 24.1. The number of aryl methyl sites for hydroxylation is 1. The van der Waals surface area contributed by atoms with Gasteiger partial charge in [0.1, 0.15) is 5.75 Å². The number of alkyl halides is 3. The number of nitrogens with zero attached hydrogens (tertiary/aromatic N) is 1. The van der Waals surface area contributed by atoms with Crippen LogP contribution in [0, 0.1) is 5.92 Å². The number of anilines is 1. The van der Waals surface area contributed by atoms with E-state index < -0.39 is 12.6 Å². The van der Waals surface area contributed by atoms with Gasteiger partial charge in [0.2, 0.25) is 0 Å². The average molecular weight is 496 g/mol. The van der Waals surface area contributed by atoms with Crippen molar-refractivity contribution >= 4 is 17.6 Å². The van der Waals surface area contributed by atoms with Gasteiger partial charge in [0.25, 0.3) is 0 Å². The lowest BCUT2D eigenvalue weighted by molar-refractivity contribution is -0.127. The van der Waals surface area contributed by atoms with Gasteiger partial charge in [-0.2, -0.15) is 13.2 Å². The number of hydrogen-bond acceptors (Lipinski definition) is 5. The lowest BCUT2D eigenvalue weighted by Gasteiger charge is -2.37. The van der Waals surface area contributed by atoms with Crippen molar-refractivity contribution < 1.29 is 27.8 Å². The van der Waals surface area contributed by atoms with Crippen molar-refractivity contribution in [3.63, 3.8) is 0 Å². The molecule has 0 aliphatic carbocycles. The Morgan fingerprint density at radius 2 is 1.91 bits per heavy atom. The van der Waals surface area contributed by atoms with Crippen molar-refractivity contribution in [3.8, 4) is 5.75 Å². The van der Waals surface area contributed by atoms with Gasteiger partial charge in [-0.3, -0.25) is 0 Å². The van der Waals surface area contributed by atoms with E-state index in [9.17, 15) is 18.3 Å². The highest BCUT2D eigenvalue weighted by molar-refractivity contribution is 8.00. The molecule has 0 spiro atoms. The Bertz CT molecular complexity index is 963. The normalized spacial score (nSPS) is 19.2. The summed E-state index contributed by atoms with van der Waals surface area (Å²) >= 11 is 1.57. The zero-order valence-corrected chi connectivity index (χ0v) is 20.3. The third-order valence-electron chi connectivity index (χ3n) is 6.56. The Kier molecular flexibility index (Phi) is 8.32. The lowest BCUT2D eigenvalue weighted by atomic mass is 9.94. The van der Waals surface area contributed by atoms with Gasteiger partial charge in [-0.05, 0) is 85.4 Å². The maximum Gasteiger partial charge on any atom is 0.393 e. The van der Waals surface area contributed by atoms with Gasteiger partial charge in [0.15, 0.2) is 0 Å². The quantitative estimate of drug-likeness (QED) is 0.434. The number of rotatable bonds is 8. The molecular weight excluding hydrogens is 463 g/mol. The van der Waals surface area contributed by atoms with Crippen molar-refractivity contribution in [2.45, 2.75) is 69.2 Å². The first-order valence-corrected chi connectivity index (χ1v) is 12.7. The van der Waals surface area contributed by atoms with Crippen molar-refractivity contribution in [2.75, 3.05) is 24.1 Å². The van der Waals surface area contributed by atoms with Crippen molar-refractivity contribution in [3.05, 3.63) is 53.1 Å². The van der Waals surface area contributed by atoms with Gasteiger partial charge >= 0.3 is 6.18 Å². The van der Waals surface area contributed by atoms with Crippen LogP contribution in [0.1, 0.15) is 49.3 Å². The van der Waals surface area contributed by atoms with Crippen LogP contribution in [0.2, 0.25) is 0 Å². The molecule has 1 saturated heterocycles. The Morgan fingerprint density at radius 1 is 1.12 bits per heavy atom. The Labute approximate surface area is 203 Å². The highest BCUT2D eigenvalue weighted by Gasteiger charge is 2.30. The molecule has 1 unspecified atom stereocenters. The molecule has 2 aromatic rings. The standard InChI is InChI=1S/C26H32F3NO3S/c1-2-22-5-4-20-13-19(15-26(27,28)29)3-7-24(20)30(22)34-23-6-8-25(21(14-23)16-31)33-17-18-9-11-32-12-10-18/h3,6-8,13-14,18,22,31H,2,4-5,9-12,15-17H2,1H3. The van der Waals surface area contributed by atoms with Gasteiger partial charge in [0, 0.05) is 29.7 Å². The predicted molar refractivity (Wildman–Crippen MR) is 128 cm³/mol. The molecular formula is C26H32F3NO3S. The number of fused-ring (bicyclic) bond motifs is 1. The van der Waals surface area contributed by atoms with E-state index in [-0.39, 0.29) is 12.6 Å². The van der Waals surface area contributed by atoms with Crippen molar-refractivity contribution in [1.29, 1.82) is 0 Å². The minimum absolute atomic E-state index is 0.119. The molecule has 0 aromatic heterocycles. The van der Waals surface area contributed by atoms with Crippen LogP contribution in [0.5, 0.6) is 5.75 Å². The Hall–Kier alpha value is -1.90. The van der Waals surface area contributed by atoms with E-state index in [1.807, 2.05) is 24.3 Å². The van der Waals surface area contributed by atoms with E-state index in [0.717, 1.165) is 67.0 Å². The summed E-state index contributed by atoms with van der Waals surface area (Å²) in [6.07, 6.45) is -0.531. The molecule has 2 aromatic carbocycles. The number of aliphatic hydroxyl groups excluding tert-OH is 1. The van der Waals surface area contributed by atoms with E-state index in [1.165, 1.54) is 0 Å². The topological polar surface area (TPSA) is 41.9 Å².